The Hall–Kier alpha value is -3.01. The quantitative estimate of drug-likeness (QED) is 0.0214. The van der Waals surface area contributed by atoms with E-state index in [4.69, 9.17) is 18.9 Å². The summed E-state index contributed by atoms with van der Waals surface area (Å²) in [4.78, 5) is 37.1. The molecule has 0 rings (SSSR count). The zero-order valence-electron chi connectivity index (χ0n) is 37.0. The molecular formula is C48H84NO8+. The molecule has 0 bridgehead atoms. The number of carbonyl (C=O) groups is 3. The average molecular weight is 803 g/mol. The lowest BCUT2D eigenvalue weighted by Crippen LogP contribution is -2.40. The summed E-state index contributed by atoms with van der Waals surface area (Å²) in [6.07, 6.45) is 44.3. The first-order chi connectivity index (χ1) is 27.6. The fourth-order valence-corrected chi connectivity index (χ4v) is 5.81. The van der Waals surface area contributed by atoms with Crippen LogP contribution in [-0.4, -0.2) is 87.4 Å². The Morgan fingerprint density at radius 2 is 1.00 bits per heavy atom. The fraction of sp³-hybridized carbons (Fsp3) is 0.729. The van der Waals surface area contributed by atoms with Crippen molar-refractivity contribution in [2.75, 3.05) is 47.5 Å². The summed E-state index contributed by atoms with van der Waals surface area (Å²) in [5.74, 6) is -2.09. The number of allylic oxidation sites excluding steroid dienone is 10. The third kappa shape index (κ3) is 41.0. The van der Waals surface area contributed by atoms with Crippen molar-refractivity contribution in [1.82, 2.24) is 0 Å². The summed E-state index contributed by atoms with van der Waals surface area (Å²) < 4.78 is 22.7. The van der Waals surface area contributed by atoms with E-state index in [1.807, 2.05) is 21.1 Å². The van der Waals surface area contributed by atoms with Crippen LogP contribution in [-0.2, 0) is 33.3 Å². The Labute approximate surface area is 348 Å². The minimum Gasteiger partial charge on any atom is -0.477 e. The molecule has 0 aliphatic carbocycles. The number of carboxylic acids is 1. The predicted molar refractivity (Wildman–Crippen MR) is 235 cm³/mol. The third-order valence-electron chi connectivity index (χ3n) is 9.29. The lowest BCUT2D eigenvalue weighted by Gasteiger charge is -2.25. The van der Waals surface area contributed by atoms with Crippen LogP contribution in [0.15, 0.2) is 60.8 Å². The van der Waals surface area contributed by atoms with Gasteiger partial charge in [0.25, 0.3) is 6.29 Å². The summed E-state index contributed by atoms with van der Waals surface area (Å²) in [6, 6.07) is 0. The maximum Gasteiger partial charge on any atom is 0.361 e. The number of quaternary nitrogens is 1. The number of ether oxygens (including phenoxy) is 4. The zero-order valence-corrected chi connectivity index (χ0v) is 37.0. The molecule has 0 aliphatic heterocycles. The smallest absolute Gasteiger partial charge is 0.361 e. The molecule has 0 amide bonds. The molecular weight excluding hydrogens is 719 g/mol. The lowest BCUT2D eigenvalue weighted by atomic mass is 10.0. The number of carboxylic acid groups (broad SMARTS) is 1. The van der Waals surface area contributed by atoms with Crippen molar-refractivity contribution in [3.05, 3.63) is 60.8 Å². The van der Waals surface area contributed by atoms with E-state index < -0.39 is 24.3 Å². The lowest BCUT2D eigenvalue weighted by molar-refractivity contribution is -0.870. The van der Waals surface area contributed by atoms with Crippen LogP contribution in [0, 0.1) is 0 Å². The van der Waals surface area contributed by atoms with Gasteiger partial charge in [0.1, 0.15) is 13.2 Å². The van der Waals surface area contributed by atoms with Crippen LogP contribution in [0.5, 0.6) is 0 Å². The number of esters is 2. The number of hydrogen-bond donors (Lipinski definition) is 1. The summed E-state index contributed by atoms with van der Waals surface area (Å²) in [5.41, 5.74) is 0. The van der Waals surface area contributed by atoms with E-state index in [-0.39, 0.29) is 32.2 Å². The van der Waals surface area contributed by atoms with Gasteiger partial charge in [-0.15, -0.1) is 0 Å². The van der Waals surface area contributed by atoms with Crippen molar-refractivity contribution in [2.24, 2.45) is 0 Å². The molecule has 0 spiro atoms. The molecule has 0 saturated heterocycles. The van der Waals surface area contributed by atoms with E-state index in [9.17, 15) is 19.5 Å². The van der Waals surface area contributed by atoms with E-state index in [2.05, 4.69) is 74.6 Å². The van der Waals surface area contributed by atoms with Crippen molar-refractivity contribution < 1.29 is 42.9 Å². The van der Waals surface area contributed by atoms with Gasteiger partial charge in [-0.2, -0.15) is 0 Å². The Morgan fingerprint density at radius 1 is 0.544 bits per heavy atom. The molecule has 57 heavy (non-hydrogen) atoms. The van der Waals surface area contributed by atoms with Gasteiger partial charge in [0.05, 0.1) is 34.4 Å². The van der Waals surface area contributed by atoms with E-state index >= 15 is 0 Å². The Kier molecular flexibility index (Phi) is 37.7. The van der Waals surface area contributed by atoms with Gasteiger partial charge in [0, 0.05) is 12.8 Å². The third-order valence-corrected chi connectivity index (χ3v) is 9.29. The normalized spacial score (nSPS) is 13.5. The largest absolute Gasteiger partial charge is 0.477 e. The number of nitrogens with zero attached hydrogens (tertiary/aromatic N) is 1. The Bertz CT molecular complexity index is 1120. The standard InChI is InChI=1S/C48H83NO8/c1-6-8-10-12-14-16-18-20-22-23-25-27-29-31-33-35-37-39-46(51)57-44(43-56-48(47(52)53)54-41-40-49(3,4)5)42-55-45(50)38-36-34-32-30-28-26-24-21-19-17-15-13-11-9-7-2/h8,10,14,16,20,22,25,27,31,33,44,48H,6-7,9,11-13,15,17-19,21,23-24,26,28-30,32,34-43H2,1-5H3/p+1/b10-8-,16-14-,22-20-,27-25-,33-31-. The number of rotatable bonds is 40. The van der Waals surface area contributed by atoms with Crippen LogP contribution >= 0.6 is 0 Å². The van der Waals surface area contributed by atoms with Crippen LogP contribution in [0.1, 0.15) is 168 Å². The van der Waals surface area contributed by atoms with Gasteiger partial charge in [-0.25, -0.2) is 4.79 Å². The topological polar surface area (TPSA) is 108 Å². The minimum atomic E-state index is -1.52. The molecule has 0 aromatic rings. The maximum absolute atomic E-state index is 12.7. The van der Waals surface area contributed by atoms with Crippen LogP contribution < -0.4 is 0 Å². The van der Waals surface area contributed by atoms with Crippen molar-refractivity contribution >= 4 is 17.9 Å². The molecule has 0 aromatic heterocycles. The highest BCUT2D eigenvalue weighted by molar-refractivity contribution is 5.71. The molecule has 0 radical (unpaired) electrons. The molecule has 0 fully saturated rings. The van der Waals surface area contributed by atoms with Gasteiger partial charge >= 0.3 is 17.9 Å². The first-order valence-corrected chi connectivity index (χ1v) is 22.5. The number of likely N-dealkylation sites (N-methyl/N-ethyl adjacent to an activating group) is 1. The number of hydrogen-bond acceptors (Lipinski definition) is 7. The molecule has 1 N–H and O–H groups in total. The second kappa shape index (κ2) is 39.8. The second-order valence-corrected chi connectivity index (χ2v) is 16.0. The molecule has 0 aliphatic rings. The highest BCUT2D eigenvalue weighted by Crippen LogP contribution is 2.14. The summed E-state index contributed by atoms with van der Waals surface area (Å²) in [7, 11) is 5.93. The van der Waals surface area contributed by atoms with Gasteiger partial charge < -0.3 is 28.5 Å². The molecule has 9 heteroatoms. The van der Waals surface area contributed by atoms with E-state index in [0.717, 1.165) is 57.8 Å². The monoisotopic (exact) mass is 803 g/mol. The van der Waals surface area contributed by atoms with Crippen LogP contribution in [0.4, 0.5) is 0 Å². The van der Waals surface area contributed by atoms with Gasteiger partial charge in [-0.3, -0.25) is 9.59 Å². The van der Waals surface area contributed by atoms with E-state index in [1.165, 1.54) is 77.0 Å². The summed E-state index contributed by atoms with van der Waals surface area (Å²) >= 11 is 0. The van der Waals surface area contributed by atoms with Crippen LogP contribution in [0.2, 0.25) is 0 Å². The molecule has 2 unspecified atom stereocenters. The average Bonchev–Trinajstić information content (AvgIpc) is 3.17. The Morgan fingerprint density at radius 3 is 1.47 bits per heavy atom. The highest BCUT2D eigenvalue weighted by Gasteiger charge is 2.25. The van der Waals surface area contributed by atoms with Crippen molar-refractivity contribution in [3.8, 4) is 0 Å². The SMILES string of the molecule is CC/C=C\C/C=C\C/C=C\C/C=C\C/C=C\CCCC(=O)OC(COC(=O)CCCCCCCCCCCCCCCCC)COC(OCC[N+](C)(C)C)C(=O)O. The molecule has 2 atom stereocenters. The molecule has 0 aromatic carbocycles. The fourth-order valence-electron chi connectivity index (χ4n) is 5.81. The number of aliphatic carboxylic acids is 1. The van der Waals surface area contributed by atoms with Gasteiger partial charge in [0.15, 0.2) is 6.10 Å². The summed E-state index contributed by atoms with van der Waals surface area (Å²) in [5, 5.41) is 9.63. The molecule has 328 valence electrons. The number of unbranched alkanes of at least 4 members (excludes halogenated alkanes) is 15. The van der Waals surface area contributed by atoms with Crippen molar-refractivity contribution in [3.63, 3.8) is 0 Å². The second-order valence-electron chi connectivity index (χ2n) is 16.0. The van der Waals surface area contributed by atoms with Crippen LogP contribution in [0.25, 0.3) is 0 Å². The Balaban J connectivity index is 4.54. The van der Waals surface area contributed by atoms with Crippen LogP contribution in [0.3, 0.4) is 0 Å². The van der Waals surface area contributed by atoms with E-state index in [0.29, 0.717) is 23.9 Å². The number of carbonyl (C=O) groups excluding carboxylic acids is 2. The maximum atomic E-state index is 12.7. The first kappa shape index (κ1) is 54.0. The molecule has 0 heterocycles. The highest BCUT2D eigenvalue weighted by atomic mass is 16.7. The molecule has 0 saturated carbocycles. The van der Waals surface area contributed by atoms with Gasteiger partial charge in [0.2, 0.25) is 0 Å². The van der Waals surface area contributed by atoms with E-state index in [1.54, 1.807) is 0 Å². The molecule has 9 nitrogen and oxygen atoms in total. The first-order valence-electron chi connectivity index (χ1n) is 22.5. The van der Waals surface area contributed by atoms with Crippen molar-refractivity contribution in [1.29, 1.82) is 0 Å². The predicted octanol–water partition coefficient (Wildman–Crippen LogP) is 11.8. The minimum absolute atomic E-state index is 0.176. The summed E-state index contributed by atoms with van der Waals surface area (Å²) in [6.45, 7) is 4.68. The van der Waals surface area contributed by atoms with Gasteiger partial charge in [-0.05, 0) is 51.4 Å². The van der Waals surface area contributed by atoms with Gasteiger partial charge in [-0.1, -0.05) is 164 Å². The zero-order chi connectivity index (χ0) is 42.1. The van der Waals surface area contributed by atoms with Crippen molar-refractivity contribution in [2.45, 2.75) is 180 Å².